The second-order valence-corrected chi connectivity index (χ2v) is 9.78. The fourth-order valence-corrected chi connectivity index (χ4v) is 5.23. The van der Waals surface area contributed by atoms with Gasteiger partial charge in [-0.15, -0.1) is 21.5 Å². The Balaban J connectivity index is 1.87. The normalized spacial score (nSPS) is 11.5. The third-order valence-electron chi connectivity index (χ3n) is 2.72. The molecule has 0 saturated carbocycles. The van der Waals surface area contributed by atoms with Crippen molar-refractivity contribution in [3.63, 3.8) is 0 Å². The molecule has 0 amide bonds. The Labute approximate surface area is 149 Å². The molecule has 0 aliphatic heterocycles. The summed E-state index contributed by atoms with van der Waals surface area (Å²) in [6, 6.07) is 11.4. The SMILES string of the molecule is Cc1nnc(NS(=O)(=O)c2ccc(-c3ccc(I)cc3)s2)s1. The summed E-state index contributed by atoms with van der Waals surface area (Å²) in [4.78, 5) is 0.908. The van der Waals surface area contributed by atoms with Crippen molar-refractivity contribution in [3.05, 3.63) is 45.0 Å². The first-order valence-electron chi connectivity index (χ1n) is 6.13. The number of aromatic nitrogens is 2. The molecular formula is C13H10IN3O2S3. The lowest BCUT2D eigenvalue weighted by Gasteiger charge is -2.01. The Kier molecular flexibility index (Phi) is 4.48. The highest BCUT2D eigenvalue weighted by atomic mass is 127. The molecule has 9 heteroatoms. The number of anilines is 1. The van der Waals surface area contributed by atoms with Crippen LogP contribution in [0.1, 0.15) is 5.01 Å². The average molecular weight is 463 g/mol. The summed E-state index contributed by atoms with van der Waals surface area (Å²) in [5.74, 6) is 0. The molecule has 1 aromatic carbocycles. The molecule has 3 rings (SSSR count). The van der Waals surface area contributed by atoms with Gasteiger partial charge in [-0.3, -0.25) is 4.72 Å². The number of benzene rings is 1. The van der Waals surface area contributed by atoms with Crippen LogP contribution in [-0.4, -0.2) is 18.6 Å². The lowest BCUT2D eigenvalue weighted by Crippen LogP contribution is -2.11. The van der Waals surface area contributed by atoms with Gasteiger partial charge in [0.25, 0.3) is 10.0 Å². The van der Waals surface area contributed by atoms with Crippen LogP contribution >= 0.6 is 45.3 Å². The minimum atomic E-state index is -3.62. The molecule has 0 radical (unpaired) electrons. The maximum atomic E-state index is 12.3. The molecule has 3 aromatic rings. The standard InChI is InChI=1S/C13H10IN3O2S3/c1-8-15-16-13(20-8)17-22(18,19)12-7-6-11(21-12)9-2-4-10(14)5-3-9/h2-7H,1H3,(H,16,17). The summed E-state index contributed by atoms with van der Waals surface area (Å²) in [6.45, 7) is 1.77. The number of hydrogen-bond donors (Lipinski definition) is 1. The van der Waals surface area contributed by atoms with Crippen LogP contribution in [0.5, 0.6) is 0 Å². The van der Waals surface area contributed by atoms with Gasteiger partial charge >= 0.3 is 0 Å². The van der Waals surface area contributed by atoms with E-state index in [0.29, 0.717) is 5.01 Å². The molecule has 0 aliphatic carbocycles. The second-order valence-electron chi connectivity index (χ2n) is 4.36. The van der Waals surface area contributed by atoms with Crippen LogP contribution in [0.2, 0.25) is 0 Å². The molecule has 1 N–H and O–H groups in total. The maximum Gasteiger partial charge on any atom is 0.273 e. The van der Waals surface area contributed by atoms with Crippen LogP contribution in [0.15, 0.2) is 40.6 Å². The summed E-state index contributed by atoms with van der Waals surface area (Å²) in [7, 11) is -3.62. The zero-order chi connectivity index (χ0) is 15.7. The molecule has 0 aliphatic rings. The van der Waals surface area contributed by atoms with E-state index in [4.69, 9.17) is 0 Å². The van der Waals surface area contributed by atoms with Crippen LogP contribution in [0.4, 0.5) is 5.13 Å². The van der Waals surface area contributed by atoms with E-state index in [2.05, 4.69) is 37.5 Å². The van der Waals surface area contributed by atoms with Gasteiger partial charge in [0.05, 0.1) is 0 Å². The molecule has 0 atom stereocenters. The van der Waals surface area contributed by atoms with Gasteiger partial charge in [0.1, 0.15) is 9.22 Å². The molecule has 0 saturated heterocycles. The van der Waals surface area contributed by atoms with Gasteiger partial charge in [-0.05, 0) is 59.3 Å². The minimum absolute atomic E-state index is 0.258. The first kappa shape index (κ1) is 15.8. The topological polar surface area (TPSA) is 72.0 Å². The Hall–Kier alpha value is -1.04. The molecule has 2 aromatic heterocycles. The summed E-state index contributed by atoms with van der Waals surface area (Å²) in [6.07, 6.45) is 0. The maximum absolute atomic E-state index is 12.3. The van der Waals surface area contributed by atoms with Gasteiger partial charge in [-0.2, -0.15) is 0 Å². The molecule has 114 valence electrons. The molecule has 0 bridgehead atoms. The van der Waals surface area contributed by atoms with E-state index in [1.54, 1.807) is 13.0 Å². The highest BCUT2D eigenvalue weighted by Crippen LogP contribution is 2.32. The molecular weight excluding hydrogens is 453 g/mol. The van der Waals surface area contributed by atoms with Gasteiger partial charge in [0, 0.05) is 8.45 Å². The lowest BCUT2D eigenvalue weighted by molar-refractivity contribution is 0.603. The van der Waals surface area contributed by atoms with Crippen molar-refractivity contribution >= 4 is 60.4 Å². The molecule has 0 fully saturated rings. The summed E-state index contributed by atoms with van der Waals surface area (Å²) >= 11 is 4.67. The predicted molar refractivity (Wildman–Crippen MR) is 97.9 cm³/mol. The Morgan fingerprint density at radius 1 is 1.05 bits per heavy atom. The van der Waals surface area contributed by atoms with Crippen molar-refractivity contribution in [2.24, 2.45) is 0 Å². The third kappa shape index (κ3) is 3.47. The van der Waals surface area contributed by atoms with E-state index < -0.39 is 10.0 Å². The van der Waals surface area contributed by atoms with Crippen molar-refractivity contribution in [1.29, 1.82) is 0 Å². The zero-order valence-corrected chi connectivity index (χ0v) is 15.9. The van der Waals surface area contributed by atoms with Crippen LogP contribution in [-0.2, 0) is 10.0 Å². The first-order chi connectivity index (χ1) is 10.4. The monoisotopic (exact) mass is 463 g/mol. The fraction of sp³-hybridized carbons (Fsp3) is 0.0769. The quantitative estimate of drug-likeness (QED) is 0.595. The largest absolute Gasteiger partial charge is 0.273 e. The van der Waals surface area contributed by atoms with Crippen molar-refractivity contribution in [2.45, 2.75) is 11.1 Å². The van der Waals surface area contributed by atoms with Crippen LogP contribution in [0.25, 0.3) is 10.4 Å². The minimum Gasteiger partial charge on any atom is -0.253 e. The van der Waals surface area contributed by atoms with Crippen LogP contribution < -0.4 is 4.72 Å². The first-order valence-corrected chi connectivity index (χ1v) is 10.3. The molecule has 0 spiro atoms. The number of nitrogens with zero attached hydrogens (tertiary/aromatic N) is 2. The third-order valence-corrected chi connectivity index (χ3v) is 7.29. The van der Waals surface area contributed by atoms with Crippen LogP contribution in [0.3, 0.4) is 0 Å². The smallest absolute Gasteiger partial charge is 0.253 e. The number of nitrogens with one attached hydrogen (secondary N) is 1. The number of hydrogen-bond acceptors (Lipinski definition) is 6. The Morgan fingerprint density at radius 2 is 1.77 bits per heavy atom. The highest BCUT2D eigenvalue weighted by Gasteiger charge is 2.19. The van der Waals surface area contributed by atoms with E-state index in [0.717, 1.165) is 14.0 Å². The second kappa shape index (κ2) is 6.22. The Morgan fingerprint density at radius 3 is 2.41 bits per heavy atom. The number of thiophene rings is 1. The number of rotatable bonds is 4. The van der Waals surface area contributed by atoms with E-state index >= 15 is 0 Å². The predicted octanol–water partition coefficient (Wildman–Crippen LogP) is 3.98. The van der Waals surface area contributed by atoms with Gasteiger partial charge < -0.3 is 0 Å². The van der Waals surface area contributed by atoms with E-state index in [1.165, 1.54) is 22.7 Å². The average Bonchev–Trinajstić information content (AvgIpc) is 3.09. The Bertz CT molecular complexity index is 901. The van der Waals surface area contributed by atoms with E-state index in [-0.39, 0.29) is 9.34 Å². The lowest BCUT2D eigenvalue weighted by atomic mass is 10.2. The van der Waals surface area contributed by atoms with E-state index in [9.17, 15) is 8.42 Å². The van der Waals surface area contributed by atoms with Gasteiger partial charge in [0.2, 0.25) is 5.13 Å². The van der Waals surface area contributed by atoms with Crippen LogP contribution in [0, 0.1) is 10.5 Å². The molecule has 2 heterocycles. The number of halogens is 1. The number of sulfonamides is 1. The summed E-state index contributed by atoms with van der Waals surface area (Å²) < 4.78 is 28.5. The van der Waals surface area contributed by atoms with Crippen molar-refractivity contribution in [3.8, 4) is 10.4 Å². The molecule has 22 heavy (non-hydrogen) atoms. The van der Waals surface area contributed by atoms with Gasteiger partial charge in [-0.25, -0.2) is 8.42 Å². The number of aryl methyl sites for hydroxylation is 1. The summed E-state index contributed by atoms with van der Waals surface area (Å²) in [5.41, 5.74) is 0.999. The highest BCUT2D eigenvalue weighted by molar-refractivity contribution is 14.1. The molecule has 0 unspecified atom stereocenters. The van der Waals surface area contributed by atoms with Crippen molar-refractivity contribution in [2.75, 3.05) is 4.72 Å². The zero-order valence-electron chi connectivity index (χ0n) is 11.3. The van der Waals surface area contributed by atoms with E-state index in [1.807, 2.05) is 30.3 Å². The van der Waals surface area contributed by atoms with Gasteiger partial charge in [-0.1, -0.05) is 23.5 Å². The van der Waals surface area contributed by atoms with Crippen molar-refractivity contribution in [1.82, 2.24) is 10.2 Å². The van der Waals surface area contributed by atoms with Gasteiger partial charge in [0.15, 0.2) is 0 Å². The summed E-state index contributed by atoms with van der Waals surface area (Å²) in [5, 5.41) is 8.57. The van der Waals surface area contributed by atoms with Crippen molar-refractivity contribution < 1.29 is 8.42 Å². The fourth-order valence-electron chi connectivity index (χ4n) is 1.74. The molecule has 5 nitrogen and oxygen atoms in total.